The summed E-state index contributed by atoms with van der Waals surface area (Å²) in [5, 5.41) is 0. The quantitative estimate of drug-likeness (QED) is 0.351. The highest BCUT2D eigenvalue weighted by Gasteiger charge is 2.52. The van der Waals surface area contributed by atoms with Crippen molar-refractivity contribution in [2.24, 2.45) is 0 Å². The molecule has 1 fully saturated rings. The Bertz CT molecular complexity index is 555. The number of ether oxygens (including phenoxy) is 6. The van der Waals surface area contributed by atoms with Gasteiger partial charge in [0.25, 0.3) is 0 Å². The highest BCUT2D eigenvalue weighted by atomic mass is 16.8. The van der Waals surface area contributed by atoms with E-state index < -0.39 is 54.3 Å². The maximum atomic E-state index is 11.5. The Kier molecular flexibility index (Phi) is 7.52. The molecule has 0 radical (unpaired) electrons. The predicted octanol–water partition coefficient (Wildman–Crippen LogP) is 0.454. The lowest BCUT2D eigenvalue weighted by atomic mass is 10.1. The second kappa shape index (κ2) is 8.95. The number of esters is 4. The maximum absolute atomic E-state index is 11.5. The molecule has 10 heteroatoms. The fourth-order valence-electron chi connectivity index (χ4n) is 2.44. The Labute approximate surface area is 151 Å². The van der Waals surface area contributed by atoms with E-state index in [1.807, 2.05) is 0 Å². The molecule has 0 aromatic heterocycles. The van der Waals surface area contributed by atoms with Gasteiger partial charge >= 0.3 is 23.9 Å². The lowest BCUT2D eigenvalue weighted by Crippen LogP contribution is -2.46. The summed E-state index contributed by atoms with van der Waals surface area (Å²) in [5.41, 5.74) is 0. The van der Waals surface area contributed by atoms with E-state index in [2.05, 4.69) is 0 Å². The maximum Gasteiger partial charge on any atom is 0.305 e. The van der Waals surface area contributed by atoms with Gasteiger partial charge in [0.15, 0.2) is 12.2 Å². The summed E-state index contributed by atoms with van der Waals surface area (Å²) < 4.78 is 31.5. The third-order valence-electron chi connectivity index (χ3n) is 3.11. The summed E-state index contributed by atoms with van der Waals surface area (Å²) in [6, 6.07) is 0. The van der Waals surface area contributed by atoms with E-state index in [-0.39, 0.29) is 6.61 Å². The van der Waals surface area contributed by atoms with E-state index in [4.69, 9.17) is 28.4 Å². The van der Waals surface area contributed by atoms with Crippen LogP contribution >= 0.6 is 0 Å². The number of hydrogen-bond donors (Lipinski definition) is 0. The molecule has 0 N–H and O–H groups in total. The Morgan fingerprint density at radius 2 is 1.42 bits per heavy atom. The zero-order valence-electron chi connectivity index (χ0n) is 15.6. The van der Waals surface area contributed by atoms with Crippen LogP contribution in [0.2, 0.25) is 0 Å². The first-order valence-corrected chi connectivity index (χ1v) is 7.92. The fourth-order valence-corrected chi connectivity index (χ4v) is 2.44. The molecule has 1 aliphatic rings. The van der Waals surface area contributed by atoms with Crippen molar-refractivity contribution in [2.75, 3.05) is 6.61 Å². The first-order chi connectivity index (χ1) is 11.9. The summed E-state index contributed by atoms with van der Waals surface area (Å²) in [5.74, 6) is -3.90. The molecule has 0 aromatic rings. The van der Waals surface area contributed by atoms with Crippen molar-refractivity contribution in [2.45, 2.75) is 71.9 Å². The molecular formula is C16H24O10. The van der Waals surface area contributed by atoms with Crippen molar-refractivity contribution < 1.29 is 47.6 Å². The van der Waals surface area contributed by atoms with Crippen molar-refractivity contribution in [1.29, 1.82) is 0 Å². The summed E-state index contributed by atoms with van der Waals surface area (Å²) in [6.45, 7) is 7.42. The Morgan fingerprint density at radius 3 is 1.88 bits per heavy atom. The van der Waals surface area contributed by atoms with Crippen molar-refractivity contribution in [3.05, 3.63) is 0 Å². The fraction of sp³-hybridized carbons (Fsp3) is 0.750. The second-order valence-electron chi connectivity index (χ2n) is 6.10. The molecule has 1 rings (SSSR count). The van der Waals surface area contributed by atoms with E-state index in [1.165, 1.54) is 34.6 Å². The molecule has 1 aliphatic heterocycles. The smallest absolute Gasteiger partial charge is 0.305 e. The third-order valence-corrected chi connectivity index (χ3v) is 3.11. The normalized spacial score (nSPS) is 25.3. The summed E-state index contributed by atoms with van der Waals surface area (Å²) in [6.07, 6.45) is -4.37. The van der Waals surface area contributed by atoms with Gasteiger partial charge in [-0.15, -0.1) is 0 Å². The van der Waals surface area contributed by atoms with E-state index >= 15 is 0 Å². The number of carbonyl (C=O) groups is 4. The number of carbonyl (C=O) groups excluding carboxylic acids is 4. The molecule has 0 aromatic carbocycles. The van der Waals surface area contributed by atoms with Crippen molar-refractivity contribution in [3.63, 3.8) is 0 Å². The van der Waals surface area contributed by atoms with Gasteiger partial charge in [0, 0.05) is 41.5 Å². The standard InChI is InChI=1S/C16H24O10/c1-8(17)21-7-12-13(22-9(2)18)14(15(24-12)23-10(3)19)26-16(5,6)25-11(4)20/h12-15H,7H2,1-6H3/t12-,13+,14-,15-/m1/s1. The van der Waals surface area contributed by atoms with E-state index in [0.717, 1.165) is 6.92 Å². The summed E-state index contributed by atoms with van der Waals surface area (Å²) in [4.78, 5) is 45.1. The summed E-state index contributed by atoms with van der Waals surface area (Å²) in [7, 11) is 0. The second-order valence-corrected chi connectivity index (χ2v) is 6.10. The van der Waals surface area contributed by atoms with Gasteiger partial charge in [-0.25, -0.2) is 0 Å². The van der Waals surface area contributed by atoms with Crippen LogP contribution in [0, 0.1) is 0 Å². The van der Waals surface area contributed by atoms with Crippen LogP contribution in [-0.2, 0) is 47.6 Å². The van der Waals surface area contributed by atoms with Crippen molar-refractivity contribution in [1.82, 2.24) is 0 Å². The molecule has 148 valence electrons. The molecular weight excluding hydrogens is 352 g/mol. The molecule has 0 unspecified atom stereocenters. The van der Waals surface area contributed by atoms with E-state index in [1.54, 1.807) is 0 Å². The number of rotatable bonds is 7. The van der Waals surface area contributed by atoms with Gasteiger partial charge in [-0.05, 0) is 0 Å². The molecule has 26 heavy (non-hydrogen) atoms. The van der Waals surface area contributed by atoms with Gasteiger partial charge in [0.05, 0.1) is 0 Å². The van der Waals surface area contributed by atoms with Gasteiger partial charge in [-0.3, -0.25) is 19.2 Å². The minimum Gasteiger partial charge on any atom is -0.463 e. The van der Waals surface area contributed by atoms with Crippen LogP contribution < -0.4 is 0 Å². The van der Waals surface area contributed by atoms with Crippen LogP contribution in [0.1, 0.15) is 41.5 Å². The average molecular weight is 376 g/mol. The van der Waals surface area contributed by atoms with Crippen molar-refractivity contribution in [3.8, 4) is 0 Å². The minimum absolute atomic E-state index is 0.251. The van der Waals surface area contributed by atoms with Crippen LogP contribution in [-0.4, -0.2) is 60.9 Å². The molecule has 0 spiro atoms. The molecule has 1 heterocycles. The zero-order valence-corrected chi connectivity index (χ0v) is 15.6. The molecule has 0 bridgehead atoms. The SMILES string of the molecule is CC(=O)OC[C@H]1O[C@@H](OC(C)=O)[C@H](OC(C)(C)OC(C)=O)[C@H]1OC(C)=O. The molecule has 10 nitrogen and oxygen atoms in total. The van der Waals surface area contributed by atoms with Gasteiger partial charge in [0.2, 0.25) is 12.1 Å². The Hall–Kier alpha value is -2.20. The highest BCUT2D eigenvalue weighted by Crippen LogP contribution is 2.31. The van der Waals surface area contributed by atoms with Crippen LogP contribution in [0.5, 0.6) is 0 Å². The average Bonchev–Trinajstić information content (AvgIpc) is 2.71. The lowest BCUT2D eigenvalue weighted by Gasteiger charge is -2.32. The van der Waals surface area contributed by atoms with Crippen LogP contribution in [0.15, 0.2) is 0 Å². The molecule has 0 amide bonds. The lowest BCUT2D eigenvalue weighted by molar-refractivity contribution is -0.266. The van der Waals surface area contributed by atoms with Gasteiger partial charge in [0.1, 0.15) is 12.7 Å². The Morgan fingerprint density at radius 1 is 0.846 bits per heavy atom. The van der Waals surface area contributed by atoms with Crippen LogP contribution in [0.4, 0.5) is 0 Å². The predicted molar refractivity (Wildman–Crippen MR) is 83.3 cm³/mol. The molecule has 4 atom stereocenters. The first kappa shape index (κ1) is 21.8. The topological polar surface area (TPSA) is 124 Å². The van der Waals surface area contributed by atoms with E-state index in [0.29, 0.717) is 0 Å². The third kappa shape index (κ3) is 6.96. The molecule has 0 aliphatic carbocycles. The van der Waals surface area contributed by atoms with Crippen LogP contribution in [0.25, 0.3) is 0 Å². The molecule has 1 saturated heterocycles. The highest BCUT2D eigenvalue weighted by molar-refractivity contribution is 5.67. The van der Waals surface area contributed by atoms with Crippen molar-refractivity contribution >= 4 is 23.9 Å². The van der Waals surface area contributed by atoms with Crippen LogP contribution in [0.3, 0.4) is 0 Å². The molecule has 0 saturated carbocycles. The first-order valence-electron chi connectivity index (χ1n) is 7.92. The van der Waals surface area contributed by atoms with Gasteiger partial charge in [-0.1, -0.05) is 0 Å². The summed E-state index contributed by atoms with van der Waals surface area (Å²) >= 11 is 0. The van der Waals surface area contributed by atoms with Gasteiger partial charge < -0.3 is 28.4 Å². The minimum atomic E-state index is -1.42. The largest absolute Gasteiger partial charge is 0.463 e. The zero-order chi connectivity index (χ0) is 20.1. The Balaban J connectivity index is 3.07. The number of hydrogen-bond acceptors (Lipinski definition) is 10. The van der Waals surface area contributed by atoms with E-state index in [9.17, 15) is 19.2 Å². The monoisotopic (exact) mass is 376 g/mol. The van der Waals surface area contributed by atoms with Gasteiger partial charge in [-0.2, -0.15) is 0 Å².